The van der Waals surface area contributed by atoms with E-state index in [9.17, 15) is 8.42 Å². The van der Waals surface area contributed by atoms with Crippen LogP contribution in [0.4, 0.5) is 0 Å². The molecule has 114 valence electrons. The Morgan fingerprint density at radius 1 is 1.29 bits per heavy atom. The van der Waals surface area contributed by atoms with Gasteiger partial charge in [-0.2, -0.15) is 4.31 Å². The van der Waals surface area contributed by atoms with E-state index in [0.717, 1.165) is 13.1 Å². The second kappa shape index (κ2) is 6.58. The molecule has 1 atom stereocenters. The van der Waals surface area contributed by atoms with E-state index < -0.39 is 10.0 Å². The van der Waals surface area contributed by atoms with Gasteiger partial charge in [0.05, 0.1) is 4.90 Å². The summed E-state index contributed by atoms with van der Waals surface area (Å²) >= 11 is 0. The number of aliphatic hydroxyl groups is 1. The van der Waals surface area contributed by atoms with E-state index in [1.165, 1.54) is 0 Å². The standard InChI is InChI=1S/C15H20N2O3S/c1-13-12-16(2)9-10-17(13)21(19,20)15-7-5-14(6-8-15)4-3-11-18/h5-8,13,18H,9-12H2,1-2H3. The maximum Gasteiger partial charge on any atom is 0.243 e. The molecule has 0 spiro atoms. The smallest absolute Gasteiger partial charge is 0.243 e. The van der Waals surface area contributed by atoms with Crippen molar-refractivity contribution in [1.29, 1.82) is 0 Å². The molecule has 1 fully saturated rings. The van der Waals surface area contributed by atoms with Crippen LogP contribution >= 0.6 is 0 Å². The van der Waals surface area contributed by atoms with Crippen LogP contribution in [0.2, 0.25) is 0 Å². The average molecular weight is 308 g/mol. The van der Waals surface area contributed by atoms with E-state index in [4.69, 9.17) is 5.11 Å². The molecule has 1 N–H and O–H groups in total. The molecule has 2 rings (SSSR count). The lowest BCUT2D eigenvalue weighted by atomic mass is 10.2. The maximum atomic E-state index is 12.7. The number of rotatable bonds is 2. The molecule has 1 unspecified atom stereocenters. The van der Waals surface area contributed by atoms with Crippen LogP contribution in [0.5, 0.6) is 0 Å². The summed E-state index contributed by atoms with van der Waals surface area (Å²) in [5.41, 5.74) is 0.689. The van der Waals surface area contributed by atoms with Crippen molar-refractivity contribution in [2.24, 2.45) is 0 Å². The first-order chi connectivity index (χ1) is 9.95. The van der Waals surface area contributed by atoms with Crippen LogP contribution in [0.3, 0.4) is 0 Å². The third-order valence-electron chi connectivity index (χ3n) is 3.54. The molecule has 6 heteroatoms. The third kappa shape index (κ3) is 3.63. The van der Waals surface area contributed by atoms with Crippen LogP contribution in [0.25, 0.3) is 0 Å². The first-order valence-corrected chi connectivity index (χ1v) is 8.29. The zero-order valence-electron chi connectivity index (χ0n) is 12.3. The molecule has 1 aromatic rings. The van der Waals surface area contributed by atoms with Gasteiger partial charge in [0.25, 0.3) is 0 Å². The molecule has 21 heavy (non-hydrogen) atoms. The summed E-state index contributed by atoms with van der Waals surface area (Å²) in [6.07, 6.45) is 0. The number of nitrogens with zero attached hydrogens (tertiary/aromatic N) is 2. The zero-order chi connectivity index (χ0) is 15.5. The monoisotopic (exact) mass is 308 g/mol. The van der Waals surface area contributed by atoms with E-state index in [1.807, 2.05) is 14.0 Å². The summed E-state index contributed by atoms with van der Waals surface area (Å²) in [4.78, 5) is 2.41. The topological polar surface area (TPSA) is 60.9 Å². The Balaban J connectivity index is 2.23. The first kappa shape index (κ1) is 16.0. The van der Waals surface area contributed by atoms with Gasteiger partial charge in [0.15, 0.2) is 0 Å². The molecular formula is C15H20N2O3S. The highest BCUT2D eigenvalue weighted by atomic mass is 32.2. The van der Waals surface area contributed by atoms with Gasteiger partial charge in [-0.15, -0.1) is 0 Å². The van der Waals surface area contributed by atoms with Crippen molar-refractivity contribution in [2.45, 2.75) is 17.9 Å². The van der Waals surface area contributed by atoms with Crippen LogP contribution < -0.4 is 0 Å². The van der Waals surface area contributed by atoms with Crippen molar-refractivity contribution < 1.29 is 13.5 Å². The van der Waals surface area contributed by atoms with Gasteiger partial charge in [0.1, 0.15) is 6.61 Å². The summed E-state index contributed by atoms with van der Waals surface area (Å²) in [5, 5.41) is 8.65. The highest BCUT2D eigenvalue weighted by Gasteiger charge is 2.32. The van der Waals surface area contributed by atoms with Crippen molar-refractivity contribution in [1.82, 2.24) is 9.21 Å². The lowest BCUT2D eigenvalue weighted by molar-refractivity contribution is 0.170. The van der Waals surface area contributed by atoms with E-state index in [-0.39, 0.29) is 17.5 Å². The molecule has 0 bridgehead atoms. The van der Waals surface area contributed by atoms with Gasteiger partial charge in [0.2, 0.25) is 10.0 Å². The predicted octanol–water partition coefficient (Wildman–Crippen LogP) is 0.355. The number of aliphatic hydroxyl groups excluding tert-OH is 1. The van der Waals surface area contributed by atoms with Gasteiger partial charge in [-0.1, -0.05) is 11.8 Å². The molecule has 0 saturated carbocycles. The summed E-state index contributed by atoms with van der Waals surface area (Å²) in [5.74, 6) is 5.29. The van der Waals surface area contributed by atoms with Crippen molar-refractivity contribution in [2.75, 3.05) is 33.3 Å². The number of hydrogen-bond acceptors (Lipinski definition) is 4. The molecule has 0 radical (unpaired) electrons. The molecule has 1 aliphatic rings. The Labute approximate surface area is 126 Å². The third-order valence-corrected chi connectivity index (χ3v) is 5.57. The number of sulfonamides is 1. The van der Waals surface area contributed by atoms with Crippen LogP contribution in [-0.4, -0.2) is 62.1 Å². The fraction of sp³-hybridized carbons (Fsp3) is 0.467. The molecule has 1 aliphatic heterocycles. The molecule has 1 saturated heterocycles. The van der Waals surface area contributed by atoms with Crippen LogP contribution in [-0.2, 0) is 10.0 Å². The van der Waals surface area contributed by atoms with Crippen molar-refractivity contribution in [3.63, 3.8) is 0 Å². The normalized spacial score (nSPS) is 20.8. The van der Waals surface area contributed by atoms with E-state index in [2.05, 4.69) is 16.7 Å². The maximum absolute atomic E-state index is 12.7. The van der Waals surface area contributed by atoms with Crippen LogP contribution in [0.15, 0.2) is 29.2 Å². The van der Waals surface area contributed by atoms with Crippen molar-refractivity contribution in [3.05, 3.63) is 29.8 Å². The molecule has 0 aliphatic carbocycles. The lowest BCUT2D eigenvalue weighted by Crippen LogP contribution is -2.52. The zero-order valence-corrected chi connectivity index (χ0v) is 13.1. The highest BCUT2D eigenvalue weighted by Crippen LogP contribution is 2.21. The largest absolute Gasteiger partial charge is 0.384 e. The minimum absolute atomic E-state index is 0.0393. The van der Waals surface area contributed by atoms with Crippen molar-refractivity contribution in [3.8, 4) is 11.8 Å². The summed E-state index contributed by atoms with van der Waals surface area (Å²) in [6.45, 7) is 3.70. The molecule has 5 nitrogen and oxygen atoms in total. The minimum Gasteiger partial charge on any atom is -0.384 e. The average Bonchev–Trinajstić information content (AvgIpc) is 2.45. The van der Waals surface area contributed by atoms with E-state index in [0.29, 0.717) is 12.1 Å². The second-order valence-corrected chi connectivity index (χ2v) is 7.10. The van der Waals surface area contributed by atoms with Gasteiger partial charge in [-0.05, 0) is 38.2 Å². The van der Waals surface area contributed by atoms with Gasteiger partial charge in [-0.3, -0.25) is 0 Å². The fourth-order valence-electron chi connectivity index (χ4n) is 2.47. The second-order valence-electron chi connectivity index (χ2n) is 5.21. The SMILES string of the molecule is CC1CN(C)CCN1S(=O)(=O)c1ccc(C#CCO)cc1. The number of benzene rings is 1. The number of likely N-dealkylation sites (N-methyl/N-ethyl adjacent to an activating group) is 1. The van der Waals surface area contributed by atoms with Crippen molar-refractivity contribution >= 4 is 10.0 Å². The van der Waals surface area contributed by atoms with E-state index >= 15 is 0 Å². The Kier molecular flexibility index (Phi) is 5.01. The molecule has 0 aromatic heterocycles. The highest BCUT2D eigenvalue weighted by molar-refractivity contribution is 7.89. The summed E-state index contributed by atoms with van der Waals surface area (Å²) < 4.78 is 26.9. The minimum atomic E-state index is -3.46. The molecule has 1 heterocycles. The Morgan fingerprint density at radius 2 is 1.95 bits per heavy atom. The lowest BCUT2D eigenvalue weighted by Gasteiger charge is -2.37. The summed E-state index contributed by atoms with van der Waals surface area (Å²) in [7, 11) is -1.47. The molecule has 1 aromatic carbocycles. The Morgan fingerprint density at radius 3 is 2.52 bits per heavy atom. The fourth-order valence-corrected chi connectivity index (χ4v) is 4.08. The first-order valence-electron chi connectivity index (χ1n) is 6.85. The Bertz CT molecular complexity index is 644. The number of piperazine rings is 1. The predicted molar refractivity (Wildman–Crippen MR) is 81.3 cm³/mol. The van der Waals surface area contributed by atoms with Gasteiger partial charge < -0.3 is 10.0 Å². The molecular weight excluding hydrogens is 288 g/mol. The van der Waals surface area contributed by atoms with Crippen LogP contribution in [0, 0.1) is 11.8 Å². The Hall–Kier alpha value is -1.39. The van der Waals surface area contributed by atoms with Gasteiger partial charge in [0, 0.05) is 31.2 Å². The van der Waals surface area contributed by atoms with E-state index in [1.54, 1.807) is 28.6 Å². The molecule has 0 amide bonds. The number of hydrogen-bond donors (Lipinski definition) is 1. The van der Waals surface area contributed by atoms with Gasteiger partial charge >= 0.3 is 0 Å². The van der Waals surface area contributed by atoms with Crippen LogP contribution in [0.1, 0.15) is 12.5 Å². The quantitative estimate of drug-likeness (QED) is 0.801. The summed E-state index contributed by atoms with van der Waals surface area (Å²) in [6, 6.07) is 6.43. The van der Waals surface area contributed by atoms with Gasteiger partial charge in [-0.25, -0.2) is 8.42 Å².